The molecule has 1 aliphatic heterocycles. The molecule has 0 aliphatic carbocycles. The van der Waals surface area contributed by atoms with Crippen molar-refractivity contribution in [1.29, 1.82) is 0 Å². The Morgan fingerprint density at radius 3 is 2.62 bits per heavy atom. The second-order valence-electron chi connectivity index (χ2n) is 7.71. The molecule has 0 bridgehead atoms. The van der Waals surface area contributed by atoms with Gasteiger partial charge in [0.25, 0.3) is 11.6 Å². The van der Waals surface area contributed by atoms with Gasteiger partial charge in [-0.3, -0.25) is 19.8 Å². The summed E-state index contributed by atoms with van der Waals surface area (Å²) in [6, 6.07) is 14.6. The number of carbonyl (C=O) groups excluding carboxylic acids is 1. The molecule has 166 valence electrons. The van der Waals surface area contributed by atoms with Crippen LogP contribution in [0.2, 0.25) is 0 Å². The summed E-state index contributed by atoms with van der Waals surface area (Å²) in [6.07, 6.45) is 1.68. The molecule has 3 aromatic rings. The number of nitrogens with one attached hydrogen (secondary N) is 1. The third-order valence-corrected chi connectivity index (χ3v) is 5.62. The Hall–Kier alpha value is -3.56. The maximum absolute atomic E-state index is 12.2. The largest absolute Gasteiger partial charge is 0.379 e. The van der Waals surface area contributed by atoms with Gasteiger partial charge in [-0.25, -0.2) is 5.43 Å². The number of amides is 1. The van der Waals surface area contributed by atoms with Gasteiger partial charge in [0.1, 0.15) is 0 Å². The van der Waals surface area contributed by atoms with Crippen molar-refractivity contribution in [3.05, 3.63) is 75.5 Å². The van der Waals surface area contributed by atoms with Crippen LogP contribution in [0.25, 0.3) is 10.9 Å². The molecular weight excluding hydrogens is 410 g/mol. The maximum atomic E-state index is 12.2. The molecule has 0 saturated carbocycles. The normalized spacial score (nSPS) is 14.8. The first kappa shape index (κ1) is 21.7. The average Bonchev–Trinajstić information content (AvgIpc) is 3.06. The highest BCUT2D eigenvalue weighted by molar-refractivity contribution is 6.01. The van der Waals surface area contributed by atoms with E-state index in [2.05, 4.69) is 15.1 Å². The number of ether oxygens (including phenoxy) is 1. The lowest BCUT2D eigenvalue weighted by Gasteiger charge is -2.25. The maximum Gasteiger partial charge on any atom is 0.269 e. The number of rotatable bonds is 7. The topological polar surface area (TPSA) is 102 Å². The second kappa shape index (κ2) is 9.71. The van der Waals surface area contributed by atoms with Gasteiger partial charge < -0.3 is 9.30 Å². The second-order valence-corrected chi connectivity index (χ2v) is 7.71. The van der Waals surface area contributed by atoms with E-state index in [-0.39, 0.29) is 11.6 Å². The van der Waals surface area contributed by atoms with Crippen molar-refractivity contribution in [2.24, 2.45) is 5.10 Å². The van der Waals surface area contributed by atoms with Gasteiger partial charge >= 0.3 is 0 Å². The quantitative estimate of drug-likeness (QED) is 0.349. The molecule has 0 spiro atoms. The number of nitro groups is 1. The van der Waals surface area contributed by atoms with Crippen LogP contribution < -0.4 is 5.43 Å². The van der Waals surface area contributed by atoms with Crippen LogP contribution in [-0.2, 0) is 16.1 Å². The van der Waals surface area contributed by atoms with Crippen LogP contribution in [0.5, 0.6) is 0 Å². The lowest BCUT2D eigenvalue weighted by atomic mass is 10.1. The number of para-hydroxylation sites is 1. The number of hydrogen-bond donors (Lipinski definition) is 1. The van der Waals surface area contributed by atoms with Crippen molar-refractivity contribution in [2.75, 3.05) is 32.8 Å². The first-order chi connectivity index (χ1) is 15.5. The summed E-state index contributed by atoms with van der Waals surface area (Å²) in [5, 5.41) is 16.1. The van der Waals surface area contributed by atoms with Gasteiger partial charge in [-0.1, -0.05) is 30.3 Å². The Bertz CT molecular complexity index is 1150. The third-order valence-electron chi connectivity index (χ3n) is 5.62. The van der Waals surface area contributed by atoms with E-state index in [4.69, 9.17) is 4.74 Å². The first-order valence-electron chi connectivity index (χ1n) is 10.5. The minimum atomic E-state index is -0.401. The summed E-state index contributed by atoms with van der Waals surface area (Å²) >= 11 is 0. The number of hydrazone groups is 1. The molecule has 1 N–H and O–H groups in total. The number of nitro benzene ring substituents is 1. The van der Waals surface area contributed by atoms with Crippen molar-refractivity contribution in [2.45, 2.75) is 13.5 Å². The number of carbonyl (C=O) groups is 1. The van der Waals surface area contributed by atoms with E-state index in [1.807, 2.05) is 36.1 Å². The van der Waals surface area contributed by atoms with Crippen LogP contribution in [0.15, 0.2) is 53.6 Å². The van der Waals surface area contributed by atoms with Crippen molar-refractivity contribution in [3.63, 3.8) is 0 Å². The number of non-ortho nitro benzene ring substituents is 1. The molecular formula is C23H25N5O4. The fraction of sp³-hybridized carbons (Fsp3) is 0.304. The van der Waals surface area contributed by atoms with Crippen LogP contribution in [0.3, 0.4) is 0 Å². The van der Waals surface area contributed by atoms with Crippen LogP contribution in [0.4, 0.5) is 5.69 Å². The van der Waals surface area contributed by atoms with E-state index in [9.17, 15) is 14.9 Å². The van der Waals surface area contributed by atoms with Crippen LogP contribution >= 0.6 is 0 Å². The van der Waals surface area contributed by atoms with Crippen LogP contribution in [-0.4, -0.2) is 59.4 Å². The van der Waals surface area contributed by atoms with E-state index in [1.54, 1.807) is 18.3 Å². The van der Waals surface area contributed by atoms with E-state index in [0.29, 0.717) is 26.3 Å². The molecule has 1 amide bonds. The zero-order valence-corrected chi connectivity index (χ0v) is 17.9. The summed E-state index contributed by atoms with van der Waals surface area (Å²) < 4.78 is 7.45. The molecule has 1 aliphatic rings. The summed E-state index contributed by atoms with van der Waals surface area (Å²) in [7, 11) is 0. The van der Waals surface area contributed by atoms with Gasteiger partial charge in [0.05, 0.1) is 30.9 Å². The predicted molar refractivity (Wildman–Crippen MR) is 122 cm³/mol. The van der Waals surface area contributed by atoms with Crippen molar-refractivity contribution in [3.8, 4) is 0 Å². The summed E-state index contributed by atoms with van der Waals surface area (Å²) in [5.41, 5.74) is 6.61. The molecule has 1 saturated heterocycles. The Morgan fingerprint density at radius 1 is 1.19 bits per heavy atom. The van der Waals surface area contributed by atoms with Gasteiger partial charge in [0, 0.05) is 53.9 Å². The highest BCUT2D eigenvalue weighted by Gasteiger charge is 2.15. The molecule has 0 atom stereocenters. The molecule has 0 radical (unpaired) electrons. The molecule has 2 aromatic carbocycles. The van der Waals surface area contributed by atoms with Crippen molar-refractivity contribution < 1.29 is 14.5 Å². The highest BCUT2D eigenvalue weighted by atomic mass is 16.6. The number of benzene rings is 2. The van der Waals surface area contributed by atoms with Gasteiger partial charge in [-0.15, -0.1) is 0 Å². The van der Waals surface area contributed by atoms with Gasteiger partial charge in [0.15, 0.2) is 0 Å². The number of morpholine rings is 1. The smallest absolute Gasteiger partial charge is 0.269 e. The lowest BCUT2D eigenvalue weighted by molar-refractivity contribution is -0.384. The molecule has 9 nitrogen and oxygen atoms in total. The van der Waals surface area contributed by atoms with Crippen LogP contribution in [0, 0.1) is 17.0 Å². The Morgan fingerprint density at radius 2 is 1.91 bits per heavy atom. The fourth-order valence-corrected chi connectivity index (χ4v) is 3.90. The molecule has 1 aromatic heterocycles. The number of fused-ring (bicyclic) bond motifs is 1. The molecule has 0 unspecified atom stereocenters. The molecule has 2 heterocycles. The van der Waals surface area contributed by atoms with E-state index in [0.717, 1.165) is 40.8 Å². The fourth-order valence-electron chi connectivity index (χ4n) is 3.90. The molecule has 9 heteroatoms. The predicted octanol–water partition coefficient (Wildman–Crippen LogP) is 2.69. The van der Waals surface area contributed by atoms with Gasteiger partial charge in [-0.05, 0) is 18.6 Å². The van der Waals surface area contributed by atoms with E-state index in [1.165, 1.54) is 12.1 Å². The first-order valence-corrected chi connectivity index (χ1v) is 10.5. The summed E-state index contributed by atoms with van der Waals surface area (Å²) in [5.74, 6) is -0.157. The lowest BCUT2D eigenvalue weighted by Crippen LogP contribution is -2.42. The Kier molecular flexibility index (Phi) is 6.58. The van der Waals surface area contributed by atoms with Crippen molar-refractivity contribution >= 4 is 28.7 Å². The Balaban J connectivity index is 1.52. The van der Waals surface area contributed by atoms with E-state index < -0.39 is 4.92 Å². The molecule has 32 heavy (non-hydrogen) atoms. The van der Waals surface area contributed by atoms with Gasteiger partial charge in [0.2, 0.25) is 0 Å². The molecule has 1 fully saturated rings. The minimum absolute atomic E-state index is 0.0727. The van der Waals surface area contributed by atoms with E-state index >= 15 is 0 Å². The van der Waals surface area contributed by atoms with Crippen LogP contribution in [0.1, 0.15) is 16.8 Å². The van der Waals surface area contributed by atoms with Gasteiger partial charge in [-0.2, -0.15) is 5.10 Å². The minimum Gasteiger partial charge on any atom is -0.379 e. The summed E-state index contributed by atoms with van der Waals surface area (Å²) in [6.45, 7) is 5.64. The molecule has 4 rings (SSSR count). The Labute approximate surface area is 185 Å². The standard InChI is InChI=1S/C23H25N5O4/c1-17-21(14-24-25-23(29)16-26-10-12-32-13-11-26)20-4-2-3-5-22(20)27(17)15-18-6-8-19(9-7-18)28(30)31/h2-9,14H,10-13,15-16H2,1H3,(H,25,29)/b24-14+. The number of aromatic nitrogens is 1. The van der Waals surface area contributed by atoms with Crippen molar-refractivity contribution in [1.82, 2.24) is 14.9 Å². The third kappa shape index (κ3) is 4.84. The highest BCUT2D eigenvalue weighted by Crippen LogP contribution is 2.26. The summed E-state index contributed by atoms with van der Waals surface area (Å²) in [4.78, 5) is 24.8. The SMILES string of the molecule is Cc1c(/C=N/NC(=O)CN2CCOCC2)c2ccccc2n1Cc1ccc([N+](=O)[O-])cc1. The number of hydrogen-bond acceptors (Lipinski definition) is 6. The zero-order chi connectivity index (χ0) is 22.5. The monoisotopic (exact) mass is 435 g/mol. The number of nitrogens with zero attached hydrogens (tertiary/aromatic N) is 4. The zero-order valence-electron chi connectivity index (χ0n) is 17.9. The average molecular weight is 435 g/mol.